The normalized spacial score (nSPS) is 15.7. The van der Waals surface area contributed by atoms with Gasteiger partial charge < -0.3 is 5.11 Å². The first-order valence-corrected chi connectivity index (χ1v) is 6.95. The fourth-order valence-corrected chi connectivity index (χ4v) is 3.02. The zero-order chi connectivity index (χ0) is 12.3. The van der Waals surface area contributed by atoms with Gasteiger partial charge in [0.2, 0.25) is 10.0 Å². The molecule has 0 saturated carbocycles. The first-order chi connectivity index (χ1) is 6.58. The maximum absolute atomic E-state index is 11.7. The highest BCUT2D eigenvalue weighted by atomic mass is 35.5. The predicted molar refractivity (Wildman–Crippen MR) is 62.6 cm³/mol. The predicted octanol–water partition coefficient (Wildman–Crippen LogP) is 0.894. The van der Waals surface area contributed by atoms with Gasteiger partial charge in [-0.3, -0.25) is 0 Å². The molecule has 1 atom stereocenters. The van der Waals surface area contributed by atoms with E-state index in [1.54, 1.807) is 20.8 Å². The molecule has 0 fully saturated rings. The molecular weight excluding hydrogens is 238 g/mol. The SMILES string of the molecule is CC(CCl)CS(=O)(=O)N(C)CC(C)(C)O. The Morgan fingerprint density at radius 2 is 1.93 bits per heavy atom. The van der Waals surface area contributed by atoms with Crippen LogP contribution in [0.5, 0.6) is 0 Å². The van der Waals surface area contributed by atoms with E-state index in [0.717, 1.165) is 0 Å². The topological polar surface area (TPSA) is 57.6 Å². The molecule has 0 aliphatic heterocycles. The van der Waals surface area contributed by atoms with E-state index < -0.39 is 15.6 Å². The van der Waals surface area contributed by atoms with E-state index in [-0.39, 0.29) is 18.2 Å². The molecule has 0 spiro atoms. The minimum atomic E-state index is -3.32. The van der Waals surface area contributed by atoms with E-state index in [4.69, 9.17) is 11.6 Å². The summed E-state index contributed by atoms with van der Waals surface area (Å²) in [6.07, 6.45) is 0. The monoisotopic (exact) mass is 257 g/mol. The third-order valence-electron chi connectivity index (χ3n) is 1.84. The van der Waals surface area contributed by atoms with Crippen molar-refractivity contribution in [1.29, 1.82) is 0 Å². The smallest absolute Gasteiger partial charge is 0.214 e. The lowest BCUT2D eigenvalue weighted by Gasteiger charge is -2.25. The number of hydrogen-bond donors (Lipinski definition) is 1. The van der Waals surface area contributed by atoms with Gasteiger partial charge in [0.15, 0.2) is 0 Å². The fraction of sp³-hybridized carbons (Fsp3) is 1.00. The van der Waals surface area contributed by atoms with E-state index >= 15 is 0 Å². The number of halogens is 1. The van der Waals surface area contributed by atoms with Crippen LogP contribution in [0.1, 0.15) is 20.8 Å². The van der Waals surface area contributed by atoms with Crippen molar-refractivity contribution in [3.63, 3.8) is 0 Å². The van der Waals surface area contributed by atoms with Crippen molar-refractivity contribution in [2.24, 2.45) is 5.92 Å². The van der Waals surface area contributed by atoms with E-state index in [2.05, 4.69) is 0 Å². The molecule has 4 nitrogen and oxygen atoms in total. The molecule has 1 unspecified atom stereocenters. The van der Waals surface area contributed by atoms with Gasteiger partial charge in [-0.1, -0.05) is 6.92 Å². The summed E-state index contributed by atoms with van der Waals surface area (Å²) in [6, 6.07) is 0. The number of hydrogen-bond acceptors (Lipinski definition) is 3. The van der Waals surface area contributed by atoms with Gasteiger partial charge in [-0.25, -0.2) is 12.7 Å². The van der Waals surface area contributed by atoms with E-state index in [1.807, 2.05) is 0 Å². The van der Waals surface area contributed by atoms with Crippen LogP contribution >= 0.6 is 11.6 Å². The van der Waals surface area contributed by atoms with Gasteiger partial charge in [0.25, 0.3) is 0 Å². The lowest BCUT2D eigenvalue weighted by molar-refractivity contribution is 0.0639. The van der Waals surface area contributed by atoms with Crippen LogP contribution < -0.4 is 0 Å². The molecule has 0 heterocycles. The quantitative estimate of drug-likeness (QED) is 0.719. The first-order valence-electron chi connectivity index (χ1n) is 4.81. The molecule has 15 heavy (non-hydrogen) atoms. The summed E-state index contributed by atoms with van der Waals surface area (Å²) in [7, 11) is -1.85. The molecule has 0 saturated heterocycles. The summed E-state index contributed by atoms with van der Waals surface area (Å²) in [5, 5.41) is 9.51. The number of likely N-dealkylation sites (N-methyl/N-ethyl adjacent to an activating group) is 1. The molecule has 92 valence electrons. The van der Waals surface area contributed by atoms with Gasteiger partial charge in [-0.15, -0.1) is 11.6 Å². The van der Waals surface area contributed by atoms with Crippen LogP contribution in [0.2, 0.25) is 0 Å². The zero-order valence-electron chi connectivity index (χ0n) is 9.70. The molecule has 0 bridgehead atoms. The van der Waals surface area contributed by atoms with Crippen molar-refractivity contribution in [3.05, 3.63) is 0 Å². The molecule has 0 aromatic rings. The number of nitrogens with zero attached hydrogens (tertiary/aromatic N) is 1. The van der Waals surface area contributed by atoms with Gasteiger partial charge in [0.1, 0.15) is 0 Å². The van der Waals surface area contributed by atoms with Crippen molar-refractivity contribution in [1.82, 2.24) is 4.31 Å². The van der Waals surface area contributed by atoms with E-state index in [1.165, 1.54) is 11.4 Å². The van der Waals surface area contributed by atoms with Crippen molar-refractivity contribution >= 4 is 21.6 Å². The highest BCUT2D eigenvalue weighted by Gasteiger charge is 2.25. The molecule has 0 rings (SSSR count). The number of rotatable bonds is 6. The second kappa shape index (κ2) is 5.48. The average molecular weight is 258 g/mol. The minimum Gasteiger partial charge on any atom is -0.389 e. The first kappa shape index (κ1) is 15.2. The lowest BCUT2D eigenvalue weighted by Crippen LogP contribution is -2.41. The number of sulfonamides is 1. The maximum atomic E-state index is 11.7. The summed E-state index contributed by atoms with van der Waals surface area (Å²) in [5.74, 6) is 0.250. The minimum absolute atomic E-state index is 0.0169. The number of alkyl halides is 1. The van der Waals surface area contributed by atoms with Crippen LogP contribution in [0.15, 0.2) is 0 Å². The van der Waals surface area contributed by atoms with Crippen molar-refractivity contribution in [2.75, 3.05) is 25.2 Å². The van der Waals surface area contributed by atoms with Crippen molar-refractivity contribution in [3.8, 4) is 0 Å². The summed E-state index contributed by atoms with van der Waals surface area (Å²) in [4.78, 5) is 0. The summed E-state index contributed by atoms with van der Waals surface area (Å²) in [5.41, 5.74) is -1.02. The largest absolute Gasteiger partial charge is 0.389 e. The molecule has 0 aromatic heterocycles. The van der Waals surface area contributed by atoms with Gasteiger partial charge in [0.05, 0.1) is 11.4 Å². The second-order valence-electron chi connectivity index (χ2n) is 4.61. The Balaban J connectivity index is 4.47. The van der Waals surface area contributed by atoms with Gasteiger partial charge in [0, 0.05) is 19.5 Å². The summed E-state index contributed by atoms with van der Waals surface area (Å²) >= 11 is 5.56. The zero-order valence-corrected chi connectivity index (χ0v) is 11.3. The summed E-state index contributed by atoms with van der Waals surface area (Å²) in [6.45, 7) is 5.01. The van der Waals surface area contributed by atoms with E-state index in [0.29, 0.717) is 5.88 Å². The molecule has 0 amide bonds. The van der Waals surface area contributed by atoms with Crippen molar-refractivity contribution in [2.45, 2.75) is 26.4 Å². The van der Waals surface area contributed by atoms with Crippen LogP contribution in [-0.4, -0.2) is 48.7 Å². The van der Waals surface area contributed by atoms with E-state index in [9.17, 15) is 13.5 Å². The van der Waals surface area contributed by atoms with Crippen LogP contribution in [0.4, 0.5) is 0 Å². The van der Waals surface area contributed by atoms with Gasteiger partial charge in [-0.2, -0.15) is 0 Å². The molecule has 1 N–H and O–H groups in total. The Labute approximate surface area is 97.3 Å². The second-order valence-corrected chi connectivity index (χ2v) is 7.04. The summed E-state index contributed by atoms with van der Waals surface area (Å²) < 4.78 is 24.6. The molecule has 0 aliphatic rings. The van der Waals surface area contributed by atoms with Crippen LogP contribution in [0.25, 0.3) is 0 Å². The Kier molecular flexibility index (Phi) is 5.54. The number of aliphatic hydroxyl groups is 1. The Bertz CT molecular complexity index is 284. The standard InChI is InChI=1S/C9H20ClNO3S/c1-8(5-10)6-15(13,14)11(4)7-9(2,3)12/h8,12H,5-7H2,1-4H3. The van der Waals surface area contributed by atoms with Gasteiger partial charge in [-0.05, 0) is 19.8 Å². The molecular formula is C9H20ClNO3S. The third-order valence-corrected chi connectivity index (χ3v) is 4.44. The third kappa shape index (κ3) is 6.35. The lowest BCUT2D eigenvalue weighted by atomic mass is 10.1. The molecule has 0 radical (unpaired) electrons. The van der Waals surface area contributed by atoms with Crippen LogP contribution in [0.3, 0.4) is 0 Å². The molecule has 0 aromatic carbocycles. The van der Waals surface area contributed by atoms with Crippen LogP contribution in [-0.2, 0) is 10.0 Å². The highest BCUT2D eigenvalue weighted by Crippen LogP contribution is 2.11. The highest BCUT2D eigenvalue weighted by molar-refractivity contribution is 7.89. The molecule has 6 heteroatoms. The Morgan fingerprint density at radius 1 is 1.47 bits per heavy atom. The Hall–Kier alpha value is 0.160. The Morgan fingerprint density at radius 3 is 2.27 bits per heavy atom. The average Bonchev–Trinajstić information content (AvgIpc) is 2.00. The van der Waals surface area contributed by atoms with Crippen LogP contribution in [0, 0.1) is 5.92 Å². The fourth-order valence-electron chi connectivity index (χ4n) is 1.17. The van der Waals surface area contributed by atoms with Crippen molar-refractivity contribution < 1.29 is 13.5 Å². The molecule has 0 aliphatic carbocycles. The maximum Gasteiger partial charge on any atom is 0.214 e. The van der Waals surface area contributed by atoms with Gasteiger partial charge >= 0.3 is 0 Å².